The van der Waals surface area contributed by atoms with E-state index in [0.29, 0.717) is 0 Å². The molecule has 0 fully saturated rings. The molecular formula is C6H3ClN2S. The van der Waals surface area contributed by atoms with Crippen LogP contribution in [0, 0.1) is 0 Å². The van der Waals surface area contributed by atoms with Gasteiger partial charge >= 0.3 is 0 Å². The molecule has 10 heavy (non-hydrogen) atoms. The lowest BCUT2D eigenvalue weighted by molar-refractivity contribution is 1.20. The van der Waals surface area contributed by atoms with Gasteiger partial charge in [-0.05, 0) is 29.7 Å². The van der Waals surface area contributed by atoms with Gasteiger partial charge in [-0.15, -0.1) is 5.10 Å². The Bertz CT molecular complexity index is 357. The van der Waals surface area contributed by atoms with Crippen LogP contribution in [-0.4, -0.2) is 9.59 Å². The minimum Gasteiger partial charge on any atom is -0.138 e. The molecule has 1 aromatic heterocycles. The Kier molecular flexibility index (Phi) is 1.32. The van der Waals surface area contributed by atoms with Crippen molar-refractivity contribution in [2.24, 2.45) is 0 Å². The second-order valence-electron chi connectivity index (χ2n) is 1.88. The van der Waals surface area contributed by atoms with Crippen molar-refractivity contribution in [3.8, 4) is 0 Å². The molecule has 0 radical (unpaired) electrons. The van der Waals surface area contributed by atoms with E-state index in [0.717, 1.165) is 15.2 Å². The predicted molar refractivity (Wildman–Crippen MR) is 42.4 cm³/mol. The first-order valence-electron chi connectivity index (χ1n) is 2.74. The summed E-state index contributed by atoms with van der Waals surface area (Å²) >= 11 is 7.08. The number of hydrogen-bond acceptors (Lipinski definition) is 3. The maximum Gasteiger partial charge on any atom is 0.106 e. The van der Waals surface area contributed by atoms with Crippen molar-refractivity contribution < 1.29 is 0 Å². The molecule has 0 aliphatic carbocycles. The van der Waals surface area contributed by atoms with Crippen LogP contribution in [0.4, 0.5) is 0 Å². The van der Waals surface area contributed by atoms with Crippen LogP contribution < -0.4 is 0 Å². The molecule has 0 N–H and O–H groups in total. The van der Waals surface area contributed by atoms with E-state index in [1.807, 2.05) is 18.2 Å². The van der Waals surface area contributed by atoms with Gasteiger partial charge in [0.1, 0.15) is 5.52 Å². The molecular weight excluding hydrogens is 168 g/mol. The molecule has 4 heteroatoms. The van der Waals surface area contributed by atoms with Gasteiger partial charge in [0.05, 0.1) is 4.70 Å². The fourth-order valence-corrected chi connectivity index (χ4v) is 1.59. The number of nitrogens with zero attached hydrogens (tertiary/aromatic N) is 2. The van der Waals surface area contributed by atoms with Gasteiger partial charge in [0.15, 0.2) is 0 Å². The lowest BCUT2D eigenvalue weighted by atomic mass is 10.3. The Balaban J connectivity index is 2.86. The lowest BCUT2D eigenvalue weighted by Crippen LogP contribution is -1.66. The third-order valence-corrected chi connectivity index (χ3v) is 2.13. The quantitative estimate of drug-likeness (QED) is 0.607. The first-order chi connectivity index (χ1) is 4.86. The summed E-state index contributed by atoms with van der Waals surface area (Å²) in [6, 6.07) is 5.54. The van der Waals surface area contributed by atoms with Crippen molar-refractivity contribution in [3.05, 3.63) is 23.2 Å². The first-order valence-corrected chi connectivity index (χ1v) is 3.89. The zero-order valence-corrected chi connectivity index (χ0v) is 6.49. The molecule has 0 unspecified atom stereocenters. The van der Waals surface area contributed by atoms with E-state index in [1.54, 1.807) is 0 Å². The molecule has 0 atom stereocenters. The van der Waals surface area contributed by atoms with Crippen molar-refractivity contribution in [3.63, 3.8) is 0 Å². The Morgan fingerprint density at radius 2 is 2.30 bits per heavy atom. The third kappa shape index (κ3) is 0.874. The number of halogens is 1. The van der Waals surface area contributed by atoms with Crippen LogP contribution >= 0.6 is 23.1 Å². The van der Waals surface area contributed by atoms with Crippen LogP contribution in [0.15, 0.2) is 18.2 Å². The summed E-state index contributed by atoms with van der Waals surface area (Å²) in [5.74, 6) is 0. The molecule has 2 rings (SSSR count). The van der Waals surface area contributed by atoms with Crippen LogP contribution in [-0.2, 0) is 0 Å². The van der Waals surface area contributed by atoms with Gasteiger partial charge in [-0.1, -0.05) is 16.1 Å². The maximum atomic E-state index is 5.73. The third-order valence-electron chi connectivity index (χ3n) is 1.21. The van der Waals surface area contributed by atoms with Crippen LogP contribution in [0.1, 0.15) is 0 Å². The van der Waals surface area contributed by atoms with E-state index in [2.05, 4.69) is 9.59 Å². The average molecular weight is 171 g/mol. The predicted octanol–water partition coefficient (Wildman–Crippen LogP) is 2.34. The topological polar surface area (TPSA) is 25.8 Å². The molecule has 0 spiro atoms. The van der Waals surface area contributed by atoms with Crippen LogP contribution in [0.2, 0.25) is 5.02 Å². The van der Waals surface area contributed by atoms with Crippen molar-refractivity contribution in [2.45, 2.75) is 0 Å². The monoisotopic (exact) mass is 170 g/mol. The van der Waals surface area contributed by atoms with Gasteiger partial charge in [-0.3, -0.25) is 0 Å². The number of benzene rings is 1. The molecule has 0 bridgehead atoms. The Morgan fingerprint density at radius 3 is 3.20 bits per heavy atom. The van der Waals surface area contributed by atoms with Gasteiger partial charge in [0.25, 0.3) is 0 Å². The highest BCUT2D eigenvalue weighted by atomic mass is 35.5. The van der Waals surface area contributed by atoms with E-state index in [4.69, 9.17) is 11.6 Å². The second kappa shape index (κ2) is 2.18. The number of fused-ring (bicyclic) bond motifs is 1. The Morgan fingerprint density at radius 1 is 1.40 bits per heavy atom. The molecule has 50 valence electrons. The zero-order valence-electron chi connectivity index (χ0n) is 4.91. The highest BCUT2D eigenvalue weighted by Gasteiger charge is 1.96. The van der Waals surface area contributed by atoms with E-state index in [9.17, 15) is 0 Å². The summed E-state index contributed by atoms with van der Waals surface area (Å²) < 4.78 is 4.81. The molecule has 0 aliphatic rings. The highest BCUT2D eigenvalue weighted by Crippen LogP contribution is 2.19. The van der Waals surface area contributed by atoms with Gasteiger partial charge < -0.3 is 0 Å². The van der Waals surface area contributed by atoms with E-state index in [1.165, 1.54) is 11.5 Å². The van der Waals surface area contributed by atoms with Gasteiger partial charge in [-0.2, -0.15) is 0 Å². The van der Waals surface area contributed by atoms with Crippen LogP contribution in [0.25, 0.3) is 10.2 Å². The largest absolute Gasteiger partial charge is 0.138 e. The minimum atomic E-state index is 0.735. The van der Waals surface area contributed by atoms with Crippen molar-refractivity contribution in [1.29, 1.82) is 0 Å². The number of rotatable bonds is 0. The second-order valence-corrected chi connectivity index (χ2v) is 3.11. The Labute approximate surface area is 66.6 Å². The smallest absolute Gasteiger partial charge is 0.106 e. The fraction of sp³-hybridized carbons (Fsp3) is 0. The van der Waals surface area contributed by atoms with Crippen LogP contribution in [0.5, 0.6) is 0 Å². The molecule has 2 aromatic rings. The molecule has 1 aromatic carbocycles. The molecule has 0 saturated heterocycles. The SMILES string of the molecule is Clc1ccc2nnsc2c1. The highest BCUT2D eigenvalue weighted by molar-refractivity contribution is 7.12. The summed E-state index contributed by atoms with van der Waals surface area (Å²) in [5.41, 5.74) is 0.911. The van der Waals surface area contributed by atoms with Crippen molar-refractivity contribution in [1.82, 2.24) is 9.59 Å². The standard InChI is InChI=1S/C6H3ClN2S/c7-4-1-2-5-6(3-4)10-9-8-5/h1-3H. The summed E-state index contributed by atoms with van der Waals surface area (Å²) in [5, 5.41) is 4.60. The van der Waals surface area contributed by atoms with Crippen LogP contribution in [0.3, 0.4) is 0 Å². The zero-order chi connectivity index (χ0) is 6.97. The summed E-state index contributed by atoms with van der Waals surface area (Å²) in [7, 11) is 0. The maximum absolute atomic E-state index is 5.73. The van der Waals surface area contributed by atoms with Gasteiger partial charge in [0.2, 0.25) is 0 Å². The van der Waals surface area contributed by atoms with E-state index in [-0.39, 0.29) is 0 Å². The summed E-state index contributed by atoms with van der Waals surface area (Å²) in [6.07, 6.45) is 0. The fourth-order valence-electron chi connectivity index (χ4n) is 0.752. The van der Waals surface area contributed by atoms with E-state index >= 15 is 0 Å². The summed E-state index contributed by atoms with van der Waals surface area (Å²) in [6.45, 7) is 0. The lowest BCUT2D eigenvalue weighted by Gasteiger charge is -1.85. The number of aromatic nitrogens is 2. The minimum absolute atomic E-state index is 0.735. The molecule has 1 heterocycles. The molecule has 0 aliphatic heterocycles. The first kappa shape index (κ1) is 6.07. The van der Waals surface area contributed by atoms with Crippen molar-refractivity contribution in [2.75, 3.05) is 0 Å². The van der Waals surface area contributed by atoms with Gasteiger partial charge in [-0.25, -0.2) is 0 Å². The normalized spacial score (nSPS) is 10.5. The Hall–Kier alpha value is -0.670. The summed E-state index contributed by atoms with van der Waals surface area (Å²) in [4.78, 5) is 0. The number of hydrogen-bond donors (Lipinski definition) is 0. The molecule has 0 saturated carbocycles. The molecule has 0 amide bonds. The van der Waals surface area contributed by atoms with Crippen molar-refractivity contribution >= 4 is 33.4 Å². The average Bonchev–Trinajstić information content (AvgIpc) is 2.33. The van der Waals surface area contributed by atoms with Gasteiger partial charge in [0, 0.05) is 5.02 Å². The van der Waals surface area contributed by atoms with E-state index < -0.39 is 0 Å². The molecule has 2 nitrogen and oxygen atoms in total.